The maximum absolute atomic E-state index is 3.35. The van der Waals surface area contributed by atoms with E-state index < -0.39 is 0 Å². The molecule has 94 valence electrons. The molecule has 0 aromatic carbocycles. The second kappa shape index (κ2) is 5.99. The monoisotopic (exact) mass is 225 g/mol. The molecule has 2 aliphatic heterocycles. The predicted molar refractivity (Wildman–Crippen MR) is 68.7 cm³/mol. The molecule has 3 heteroatoms. The first-order valence-electron chi connectivity index (χ1n) is 6.82. The minimum absolute atomic E-state index is 0.945. The van der Waals surface area contributed by atoms with Crippen molar-refractivity contribution in [3.63, 3.8) is 0 Å². The van der Waals surface area contributed by atoms with Crippen LogP contribution < -0.4 is 5.32 Å². The molecule has 0 atom stereocenters. The first-order valence-corrected chi connectivity index (χ1v) is 6.82. The van der Waals surface area contributed by atoms with E-state index >= 15 is 0 Å². The Hall–Kier alpha value is -0.120. The van der Waals surface area contributed by atoms with Crippen molar-refractivity contribution in [1.82, 2.24) is 15.1 Å². The van der Waals surface area contributed by atoms with E-state index in [0.717, 1.165) is 11.8 Å². The van der Waals surface area contributed by atoms with Gasteiger partial charge >= 0.3 is 0 Å². The molecule has 0 aromatic heterocycles. The summed E-state index contributed by atoms with van der Waals surface area (Å²) in [5.41, 5.74) is 0. The molecule has 0 spiro atoms. The molecular formula is C13H27N3. The summed E-state index contributed by atoms with van der Waals surface area (Å²) >= 11 is 0. The van der Waals surface area contributed by atoms with E-state index in [4.69, 9.17) is 0 Å². The van der Waals surface area contributed by atoms with Crippen LogP contribution in [0.25, 0.3) is 0 Å². The molecule has 0 saturated carbocycles. The van der Waals surface area contributed by atoms with Gasteiger partial charge in [-0.3, -0.25) is 0 Å². The normalized spacial score (nSPS) is 24.9. The molecule has 3 nitrogen and oxygen atoms in total. The zero-order valence-electron chi connectivity index (χ0n) is 10.9. The van der Waals surface area contributed by atoms with E-state index in [2.05, 4.69) is 29.2 Å². The van der Waals surface area contributed by atoms with Crippen LogP contribution in [-0.4, -0.2) is 63.2 Å². The van der Waals surface area contributed by atoms with Gasteiger partial charge in [0.1, 0.15) is 0 Å². The van der Waals surface area contributed by atoms with Crippen LogP contribution in [0.15, 0.2) is 0 Å². The number of likely N-dealkylation sites (tertiary alicyclic amines) is 1. The first kappa shape index (κ1) is 12.3. The SMILES string of the molecule is CN1CCC(CN(C)CCC2CNC2)CC1. The molecule has 2 saturated heterocycles. The van der Waals surface area contributed by atoms with Gasteiger partial charge in [0.15, 0.2) is 0 Å². The molecule has 0 aliphatic carbocycles. The Balaban J connectivity index is 1.57. The highest BCUT2D eigenvalue weighted by Gasteiger charge is 2.20. The van der Waals surface area contributed by atoms with Crippen LogP contribution in [0.1, 0.15) is 19.3 Å². The molecule has 0 bridgehead atoms. The van der Waals surface area contributed by atoms with E-state index in [1.165, 1.54) is 58.5 Å². The fourth-order valence-electron chi connectivity index (χ4n) is 2.73. The molecule has 0 unspecified atom stereocenters. The van der Waals surface area contributed by atoms with Gasteiger partial charge in [-0.2, -0.15) is 0 Å². The lowest BCUT2D eigenvalue weighted by molar-refractivity contribution is 0.167. The topological polar surface area (TPSA) is 18.5 Å². The molecular weight excluding hydrogens is 198 g/mol. The summed E-state index contributed by atoms with van der Waals surface area (Å²) in [5, 5.41) is 3.35. The van der Waals surface area contributed by atoms with Crippen LogP contribution >= 0.6 is 0 Å². The molecule has 2 rings (SSSR count). The van der Waals surface area contributed by atoms with Gasteiger partial charge in [0.2, 0.25) is 0 Å². The largest absolute Gasteiger partial charge is 0.316 e. The van der Waals surface area contributed by atoms with E-state index in [9.17, 15) is 0 Å². The Labute approximate surface area is 100 Å². The van der Waals surface area contributed by atoms with Gasteiger partial charge in [-0.25, -0.2) is 0 Å². The number of nitrogens with one attached hydrogen (secondary N) is 1. The number of hydrogen-bond acceptors (Lipinski definition) is 3. The Morgan fingerprint density at radius 1 is 1.19 bits per heavy atom. The van der Waals surface area contributed by atoms with Crippen molar-refractivity contribution in [1.29, 1.82) is 0 Å². The second-order valence-electron chi connectivity index (χ2n) is 5.82. The van der Waals surface area contributed by atoms with Crippen molar-refractivity contribution < 1.29 is 0 Å². The van der Waals surface area contributed by atoms with Crippen molar-refractivity contribution in [2.45, 2.75) is 19.3 Å². The summed E-state index contributed by atoms with van der Waals surface area (Å²) in [6.45, 7) is 7.70. The van der Waals surface area contributed by atoms with Crippen molar-refractivity contribution in [3.8, 4) is 0 Å². The summed E-state index contributed by atoms with van der Waals surface area (Å²) < 4.78 is 0. The molecule has 0 radical (unpaired) electrons. The smallest absolute Gasteiger partial charge is 0.000756 e. The third-order valence-corrected chi connectivity index (χ3v) is 4.19. The van der Waals surface area contributed by atoms with Gasteiger partial charge in [-0.05, 0) is 77.9 Å². The van der Waals surface area contributed by atoms with Crippen molar-refractivity contribution in [2.75, 3.05) is 53.4 Å². The van der Waals surface area contributed by atoms with Gasteiger partial charge in [0, 0.05) is 6.54 Å². The summed E-state index contributed by atoms with van der Waals surface area (Å²) in [6.07, 6.45) is 4.17. The van der Waals surface area contributed by atoms with E-state index in [1.54, 1.807) is 0 Å². The molecule has 16 heavy (non-hydrogen) atoms. The van der Waals surface area contributed by atoms with Crippen LogP contribution in [0.3, 0.4) is 0 Å². The summed E-state index contributed by atoms with van der Waals surface area (Å²) in [7, 11) is 4.54. The van der Waals surface area contributed by atoms with E-state index in [-0.39, 0.29) is 0 Å². The van der Waals surface area contributed by atoms with Gasteiger partial charge in [0.25, 0.3) is 0 Å². The van der Waals surface area contributed by atoms with Crippen LogP contribution in [0, 0.1) is 11.8 Å². The summed E-state index contributed by atoms with van der Waals surface area (Å²) in [5.74, 6) is 1.90. The highest BCUT2D eigenvalue weighted by molar-refractivity contribution is 4.77. The lowest BCUT2D eigenvalue weighted by atomic mass is 9.95. The van der Waals surface area contributed by atoms with Gasteiger partial charge in [0.05, 0.1) is 0 Å². The number of hydrogen-bond donors (Lipinski definition) is 1. The second-order valence-corrected chi connectivity index (χ2v) is 5.82. The Morgan fingerprint density at radius 3 is 2.44 bits per heavy atom. The fourth-order valence-corrected chi connectivity index (χ4v) is 2.73. The average Bonchev–Trinajstić information content (AvgIpc) is 2.19. The number of nitrogens with zero attached hydrogens (tertiary/aromatic N) is 2. The highest BCUT2D eigenvalue weighted by atomic mass is 15.1. The maximum atomic E-state index is 3.35. The average molecular weight is 225 g/mol. The van der Waals surface area contributed by atoms with Gasteiger partial charge < -0.3 is 15.1 Å². The van der Waals surface area contributed by atoms with Crippen molar-refractivity contribution in [3.05, 3.63) is 0 Å². The minimum atomic E-state index is 0.945. The van der Waals surface area contributed by atoms with Gasteiger partial charge in [-0.1, -0.05) is 0 Å². The molecule has 2 heterocycles. The number of rotatable bonds is 5. The highest BCUT2D eigenvalue weighted by Crippen LogP contribution is 2.17. The first-order chi connectivity index (χ1) is 7.74. The zero-order chi connectivity index (χ0) is 11.4. The molecule has 2 aliphatic rings. The molecule has 2 fully saturated rings. The van der Waals surface area contributed by atoms with Crippen molar-refractivity contribution in [2.24, 2.45) is 11.8 Å². The van der Waals surface area contributed by atoms with E-state index in [1.807, 2.05) is 0 Å². The van der Waals surface area contributed by atoms with Crippen LogP contribution in [0.5, 0.6) is 0 Å². The Kier molecular flexibility index (Phi) is 4.62. The Bertz CT molecular complexity index is 195. The fraction of sp³-hybridized carbons (Fsp3) is 1.00. The minimum Gasteiger partial charge on any atom is -0.316 e. The van der Waals surface area contributed by atoms with Crippen LogP contribution in [0.4, 0.5) is 0 Å². The standard InChI is InChI=1S/C13H27N3/c1-15-6-3-12(4-7-15)11-16(2)8-5-13-9-14-10-13/h12-14H,3-11H2,1-2H3. The van der Waals surface area contributed by atoms with Crippen LogP contribution in [0.2, 0.25) is 0 Å². The molecule has 0 aromatic rings. The molecule has 0 amide bonds. The van der Waals surface area contributed by atoms with Crippen molar-refractivity contribution >= 4 is 0 Å². The molecule has 1 N–H and O–H groups in total. The third-order valence-electron chi connectivity index (χ3n) is 4.19. The Morgan fingerprint density at radius 2 is 1.88 bits per heavy atom. The van der Waals surface area contributed by atoms with Crippen LogP contribution in [-0.2, 0) is 0 Å². The quantitative estimate of drug-likeness (QED) is 0.749. The number of piperidine rings is 1. The van der Waals surface area contributed by atoms with E-state index in [0.29, 0.717) is 0 Å². The predicted octanol–water partition coefficient (Wildman–Crippen LogP) is 0.869. The van der Waals surface area contributed by atoms with Gasteiger partial charge in [-0.15, -0.1) is 0 Å². The maximum Gasteiger partial charge on any atom is 0.000756 e. The lowest BCUT2D eigenvalue weighted by Crippen LogP contribution is -2.44. The summed E-state index contributed by atoms with van der Waals surface area (Å²) in [6, 6.07) is 0. The third kappa shape index (κ3) is 3.72. The lowest BCUT2D eigenvalue weighted by Gasteiger charge is -2.33. The zero-order valence-corrected chi connectivity index (χ0v) is 10.9. The summed E-state index contributed by atoms with van der Waals surface area (Å²) in [4.78, 5) is 5.00.